The molecule has 0 aromatic rings. The first-order valence-electron chi connectivity index (χ1n) is 5.68. The fourth-order valence-corrected chi connectivity index (χ4v) is 2.01. The third-order valence-electron chi connectivity index (χ3n) is 2.73. The molecule has 1 fully saturated rings. The van der Waals surface area contributed by atoms with Crippen LogP contribution in [-0.4, -0.2) is 71.2 Å². The summed E-state index contributed by atoms with van der Waals surface area (Å²) in [5.41, 5.74) is 0. The summed E-state index contributed by atoms with van der Waals surface area (Å²) in [6.45, 7) is 6.10. The van der Waals surface area contributed by atoms with Gasteiger partial charge < -0.3 is 14.7 Å². The van der Waals surface area contributed by atoms with Crippen molar-refractivity contribution < 1.29 is 9.59 Å². The minimum absolute atomic E-state index is 0.00945. The largest absolute Gasteiger partial charge is 0.338 e. The highest BCUT2D eigenvalue weighted by atomic mass is 79.9. The van der Waals surface area contributed by atoms with Crippen molar-refractivity contribution in [3.8, 4) is 0 Å². The Morgan fingerprint density at radius 1 is 1.06 bits per heavy atom. The molecule has 1 aliphatic rings. The molecule has 0 bridgehead atoms. The number of rotatable bonds is 1. The second-order valence-corrected chi connectivity index (χ2v) is 6.91. The molecule has 1 aliphatic heterocycles. The molecule has 6 heteroatoms. The van der Waals surface area contributed by atoms with Crippen LogP contribution in [0.4, 0.5) is 4.79 Å². The van der Waals surface area contributed by atoms with Crippen molar-refractivity contribution in [1.29, 1.82) is 0 Å². The smallest absolute Gasteiger partial charge is 0.319 e. The van der Waals surface area contributed by atoms with Crippen LogP contribution in [-0.2, 0) is 4.79 Å². The summed E-state index contributed by atoms with van der Waals surface area (Å²) in [6.07, 6.45) is 0. The van der Waals surface area contributed by atoms with E-state index in [4.69, 9.17) is 0 Å². The second kappa shape index (κ2) is 5.25. The van der Waals surface area contributed by atoms with E-state index < -0.39 is 4.32 Å². The predicted octanol–water partition coefficient (Wildman–Crippen LogP) is 0.986. The van der Waals surface area contributed by atoms with Crippen LogP contribution in [0.5, 0.6) is 0 Å². The maximum Gasteiger partial charge on any atom is 0.319 e. The number of hydrogen-bond donors (Lipinski definition) is 0. The average molecular weight is 306 g/mol. The van der Waals surface area contributed by atoms with Crippen molar-refractivity contribution in [1.82, 2.24) is 14.7 Å². The standard InChI is InChI=1S/C11H20BrN3O2/c1-11(2,12)9(16)14-5-7-15(8-6-14)10(17)13(3)4/h5-8H2,1-4H3. The van der Waals surface area contributed by atoms with E-state index in [1.165, 1.54) is 0 Å². The Kier molecular flexibility index (Phi) is 4.41. The van der Waals surface area contributed by atoms with Crippen molar-refractivity contribution in [3.63, 3.8) is 0 Å². The maximum absolute atomic E-state index is 12.0. The van der Waals surface area contributed by atoms with E-state index >= 15 is 0 Å². The minimum Gasteiger partial charge on any atom is -0.338 e. The van der Waals surface area contributed by atoms with Gasteiger partial charge >= 0.3 is 6.03 Å². The lowest BCUT2D eigenvalue weighted by atomic mass is 10.1. The lowest BCUT2D eigenvalue weighted by Crippen LogP contribution is -2.55. The van der Waals surface area contributed by atoms with Crippen molar-refractivity contribution >= 4 is 27.9 Å². The van der Waals surface area contributed by atoms with Gasteiger partial charge in [-0.2, -0.15) is 0 Å². The zero-order chi connectivity index (χ0) is 13.2. The van der Waals surface area contributed by atoms with E-state index in [1.54, 1.807) is 28.8 Å². The van der Waals surface area contributed by atoms with Gasteiger partial charge in [0.15, 0.2) is 0 Å². The SMILES string of the molecule is CN(C)C(=O)N1CCN(C(=O)C(C)(C)Br)CC1. The number of carbonyl (C=O) groups is 2. The quantitative estimate of drug-likeness (QED) is 0.678. The first-order valence-corrected chi connectivity index (χ1v) is 6.47. The molecule has 0 N–H and O–H groups in total. The minimum atomic E-state index is -0.527. The molecule has 0 aromatic heterocycles. The number of carbonyl (C=O) groups excluding carboxylic acids is 2. The number of nitrogens with zero attached hydrogens (tertiary/aromatic N) is 3. The van der Waals surface area contributed by atoms with Gasteiger partial charge in [-0.15, -0.1) is 0 Å². The van der Waals surface area contributed by atoms with Gasteiger partial charge in [0.05, 0.1) is 4.32 Å². The van der Waals surface area contributed by atoms with Crippen LogP contribution in [0.3, 0.4) is 0 Å². The molecule has 1 rings (SSSR count). The van der Waals surface area contributed by atoms with Gasteiger partial charge in [0.25, 0.3) is 0 Å². The molecule has 1 heterocycles. The van der Waals surface area contributed by atoms with E-state index in [0.29, 0.717) is 26.2 Å². The molecule has 0 aromatic carbocycles. The lowest BCUT2D eigenvalue weighted by Gasteiger charge is -2.37. The summed E-state index contributed by atoms with van der Waals surface area (Å²) in [5.74, 6) is 0.0782. The Labute approximate surface area is 111 Å². The highest BCUT2D eigenvalue weighted by Gasteiger charge is 2.32. The molecular formula is C11H20BrN3O2. The molecule has 0 saturated carbocycles. The van der Waals surface area contributed by atoms with Gasteiger partial charge in [0.2, 0.25) is 5.91 Å². The Morgan fingerprint density at radius 3 is 1.82 bits per heavy atom. The summed E-state index contributed by atoms with van der Waals surface area (Å²) >= 11 is 3.37. The number of amides is 3. The van der Waals surface area contributed by atoms with Gasteiger partial charge in [-0.1, -0.05) is 15.9 Å². The van der Waals surface area contributed by atoms with E-state index in [1.807, 2.05) is 13.8 Å². The number of hydrogen-bond acceptors (Lipinski definition) is 2. The second-order valence-electron chi connectivity index (χ2n) is 4.93. The van der Waals surface area contributed by atoms with Gasteiger partial charge in [-0.3, -0.25) is 4.79 Å². The fourth-order valence-electron chi connectivity index (χ4n) is 1.76. The number of alkyl halides is 1. The first-order chi connectivity index (χ1) is 7.73. The summed E-state index contributed by atoms with van der Waals surface area (Å²) in [7, 11) is 3.48. The van der Waals surface area contributed by atoms with Gasteiger partial charge in [0.1, 0.15) is 0 Å². The van der Waals surface area contributed by atoms with Gasteiger partial charge in [0, 0.05) is 40.3 Å². The Hall–Kier alpha value is -0.780. The van der Waals surface area contributed by atoms with E-state index in [0.717, 1.165) is 0 Å². The predicted molar refractivity (Wildman–Crippen MR) is 70.2 cm³/mol. The fraction of sp³-hybridized carbons (Fsp3) is 0.818. The van der Waals surface area contributed by atoms with Crippen LogP contribution in [0.15, 0.2) is 0 Å². The molecule has 98 valence electrons. The summed E-state index contributed by atoms with van der Waals surface area (Å²) in [6, 6.07) is 0.00945. The normalized spacial score (nSPS) is 17.0. The van der Waals surface area contributed by atoms with Crippen molar-refractivity contribution in [2.45, 2.75) is 18.2 Å². The average Bonchev–Trinajstić information content (AvgIpc) is 2.26. The Balaban J connectivity index is 2.52. The summed E-state index contributed by atoms with van der Waals surface area (Å²) < 4.78 is -0.527. The molecule has 0 aliphatic carbocycles. The van der Waals surface area contributed by atoms with Crippen molar-refractivity contribution in [2.75, 3.05) is 40.3 Å². The molecular weight excluding hydrogens is 286 g/mol. The zero-order valence-electron chi connectivity index (χ0n) is 10.9. The monoisotopic (exact) mass is 305 g/mol. The van der Waals surface area contributed by atoms with Gasteiger partial charge in [-0.05, 0) is 13.8 Å². The first kappa shape index (κ1) is 14.3. The highest BCUT2D eigenvalue weighted by molar-refractivity contribution is 9.10. The maximum atomic E-state index is 12.0. The molecule has 17 heavy (non-hydrogen) atoms. The molecule has 0 spiro atoms. The molecule has 3 amide bonds. The van der Waals surface area contributed by atoms with Crippen molar-refractivity contribution in [2.24, 2.45) is 0 Å². The van der Waals surface area contributed by atoms with Crippen LogP contribution < -0.4 is 0 Å². The number of piperazine rings is 1. The highest BCUT2D eigenvalue weighted by Crippen LogP contribution is 2.20. The Morgan fingerprint density at radius 2 is 1.47 bits per heavy atom. The van der Waals surface area contributed by atoms with E-state index in [9.17, 15) is 9.59 Å². The Bertz CT molecular complexity index is 304. The molecule has 0 atom stereocenters. The molecule has 0 unspecified atom stereocenters. The van der Waals surface area contributed by atoms with Crippen LogP contribution in [0, 0.1) is 0 Å². The number of halogens is 1. The molecule has 1 saturated heterocycles. The topological polar surface area (TPSA) is 43.9 Å². The zero-order valence-corrected chi connectivity index (χ0v) is 12.5. The van der Waals surface area contributed by atoms with Crippen LogP contribution >= 0.6 is 15.9 Å². The van der Waals surface area contributed by atoms with E-state index in [2.05, 4.69) is 15.9 Å². The summed E-state index contributed by atoms with van der Waals surface area (Å²) in [4.78, 5) is 28.8. The number of urea groups is 1. The van der Waals surface area contributed by atoms with Crippen molar-refractivity contribution in [3.05, 3.63) is 0 Å². The third-order valence-corrected chi connectivity index (χ3v) is 3.07. The molecule has 0 radical (unpaired) electrons. The van der Waals surface area contributed by atoms with E-state index in [-0.39, 0.29) is 11.9 Å². The van der Waals surface area contributed by atoms with Crippen LogP contribution in [0.2, 0.25) is 0 Å². The lowest BCUT2D eigenvalue weighted by molar-refractivity contribution is -0.134. The van der Waals surface area contributed by atoms with Crippen LogP contribution in [0.1, 0.15) is 13.8 Å². The third kappa shape index (κ3) is 3.59. The van der Waals surface area contributed by atoms with Crippen LogP contribution in [0.25, 0.3) is 0 Å². The van der Waals surface area contributed by atoms with Gasteiger partial charge in [-0.25, -0.2) is 4.79 Å². The molecule has 5 nitrogen and oxygen atoms in total. The summed E-state index contributed by atoms with van der Waals surface area (Å²) in [5, 5.41) is 0.